The van der Waals surface area contributed by atoms with Crippen molar-refractivity contribution in [1.82, 2.24) is 0 Å². The molecule has 0 fully saturated rings. The molecule has 8 heavy (non-hydrogen) atoms. The van der Waals surface area contributed by atoms with Gasteiger partial charge < -0.3 is 13.6 Å². The second-order valence-electron chi connectivity index (χ2n) is 1.70. The lowest BCUT2D eigenvalue weighted by Crippen LogP contribution is -2.41. The summed E-state index contributed by atoms with van der Waals surface area (Å²) >= 11 is 0. The van der Waals surface area contributed by atoms with Crippen LogP contribution in [0.25, 0.3) is 0 Å². The van der Waals surface area contributed by atoms with E-state index in [9.17, 15) is 0 Å². The maximum Gasteiger partial charge on any atom is 0.350 e. The maximum absolute atomic E-state index is 8.62. The average Bonchev–Trinajstić information content (AvgIpc) is 1.87. The minimum Gasteiger partial charge on any atom is -0.443 e. The Hall–Kier alpha value is 0.314. The molecule has 0 aromatic rings. The van der Waals surface area contributed by atoms with Crippen LogP contribution in [0, 0.1) is 0 Å². The summed E-state index contributed by atoms with van der Waals surface area (Å²) in [6, 6.07) is 0. The summed E-state index contributed by atoms with van der Waals surface area (Å²) in [5, 5.41) is 8.62. The predicted molar refractivity (Wildman–Crippen MR) is 36.7 cm³/mol. The van der Waals surface area contributed by atoms with E-state index in [1.165, 1.54) is 0 Å². The molecular formula is C3H12O3Si2. The minimum absolute atomic E-state index is 0.0486. The van der Waals surface area contributed by atoms with Crippen LogP contribution in [0.3, 0.4) is 0 Å². The zero-order chi connectivity index (χ0) is 6.62. The van der Waals surface area contributed by atoms with Crippen molar-refractivity contribution < 1.29 is 13.6 Å². The largest absolute Gasteiger partial charge is 0.443 e. The van der Waals surface area contributed by atoms with Gasteiger partial charge >= 0.3 is 8.56 Å². The highest BCUT2D eigenvalue weighted by atomic mass is 28.4. The highest BCUT2D eigenvalue weighted by Gasteiger charge is 2.26. The van der Waals surface area contributed by atoms with Crippen LogP contribution < -0.4 is 0 Å². The number of hydrogen-bond donors (Lipinski definition) is 1. The summed E-state index contributed by atoms with van der Waals surface area (Å²) in [5.41, 5.74) is 0. The van der Waals surface area contributed by atoms with E-state index in [4.69, 9.17) is 13.6 Å². The lowest BCUT2D eigenvalue weighted by atomic mass is 11.7. The molecule has 5 heteroatoms. The van der Waals surface area contributed by atoms with Crippen molar-refractivity contribution in [2.45, 2.75) is 6.55 Å². The van der Waals surface area contributed by atoms with Gasteiger partial charge in [0.1, 0.15) is 10.5 Å². The molecule has 0 radical (unpaired) electrons. The highest BCUT2D eigenvalue weighted by Crippen LogP contribution is 1.99. The molecule has 0 aromatic heterocycles. The van der Waals surface area contributed by atoms with Gasteiger partial charge in [-0.2, -0.15) is 0 Å². The van der Waals surface area contributed by atoms with Crippen molar-refractivity contribution in [3.8, 4) is 0 Å². The second-order valence-corrected chi connectivity index (χ2v) is 6.33. The second kappa shape index (κ2) is 3.36. The summed E-state index contributed by atoms with van der Waals surface area (Å²) in [6.07, 6.45) is 0.0486. The summed E-state index contributed by atoms with van der Waals surface area (Å²) in [5.74, 6) is 0. The predicted octanol–water partition coefficient (Wildman–Crippen LogP) is -1.47. The first-order valence-electron chi connectivity index (χ1n) is 2.39. The smallest absolute Gasteiger partial charge is 0.350 e. The van der Waals surface area contributed by atoms with Crippen molar-refractivity contribution in [1.29, 1.82) is 0 Å². The lowest BCUT2D eigenvalue weighted by molar-refractivity contribution is 0.248. The molecule has 0 spiro atoms. The standard InChI is InChI=1S/C3H12O3Si2/c1-5-8(2,3-4)6-7/h4H,3H2,1-2,7H3. The zero-order valence-corrected chi connectivity index (χ0v) is 8.47. The van der Waals surface area contributed by atoms with E-state index in [1.807, 2.05) is 6.55 Å². The van der Waals surface area contributed by atoms with Gasteiger partial charge in [0.2, 0.25) is 0 Å². The van der Waals surface area contributed by atoms with E-state index in [-0.39, 0.29) is 6.23 Å². The molecule has 0 aliphatic carbocycles. The lowest BCUT2D eigenvalue weighted by Gasteiger charge is -2.19. The van der Waals surface area contributed by atoms with E-state index in [1.54, 1.807) is 7.11 Å². The molecule has 0 heterocycles. The van der Waals surface area contributed by atoms with Gasteiger partial charge in [-0.1, -0.05) is 0 Å². The van der Waals surface area contributed by atoms with Gasteiger partial charge in [0.05, 0.1) is 6.23 Å². The van der Waals surface area contributed by atoms with Crippen LogP contribution in [0.4, 0.5) is 0 Å². The Bertz CT molecular complexity index is 55.3. The van der Waals surface area contributed by atoms with Gasteiger partial charge in [-0.25, -0.2) is 0 Å². The van der Waals surface area contributed by atoms with Crippen molar-refractivity contribution in [3.05, 3.63) is 0 Å². The van der Waals surface area contributed by atoms with Gasteiger partial charge in [0.25, 0.3) is 0 Å². The molecule has 50 valence electrons. The third-order valence-corrected chi connectivity index (χ3v) is 6.04. The average molecular weight is 152 g/mol. The van der Waals surface area contributed by atoms with Crippen molar-refractivity contribution >= 4 is 19.0 Å². The van der Waals surface area contributed by atoms with Crippen LogP contribution >= 0.6 is 0 Å². The number of aliphatic hydroxyl groups is 1. The topological polar surface area (TPSA) is 38.7 Å². The monoisotopic (exact) mass is 152 g/mol. The van der Waals surface area contributed by atoms with Crippen molar-refractivity contribution in [2.24, 2.45) is 0 Å². The zero-order valence-electron chi connectivity index (χ0n) is 5.47. The van der Waals surface area contributed by atoms with Crippen molar-refractivity contribution in [3.63, 3.8) is 0 Å². The fourth-order valence-corrected chi connectivity index (χ4v) is 1.52. The molecule has 3 nitrogen and oxygen atoms in total. The first-order chi connectivity index (χ1) is 3.68. The summed E-state index contributed by atoms with van der Waals surface area (Å²) in [7, 11) is 0.159. The highest BCUT2D eigenvalue weighted by molar-refractivity contribution is 6.68. The Morgan fingerprint density at radius 3 is 2.25 bits per heavy atom. The normalized spacial score (nSPS) is 18.4. The van der Waals surface area contributed by atoms with Crippen LogP contribution in [0.5, 0.6) is 0 Å². The molecule has 0 saturated heterocycles. The van der Waals surface area contributed by atoms with Gasteiger partial charge in [0.15, 0.2) is 0 Å². The molecule has 0 aromatic carbocycles. The van der Waals surface area contributed by atoms with Gasteiger partial charge in [-0.3, -0.25) is 0 Å². The first-order valence-corrected chi connectivity index (χ1v) is 5.73. The molecule has 1 N–H and O–H groups in total. The number of aliphatic hydroxyl groups excluding tert-OH is 1. The molecule has 0 saturated carbocycles. The molecule has 0 rings (SSSR count). The fourth-order valence-electron chi connectivity index (χ4n) is 0.212. The summed E-state index contributed by atoms with van der Waals surface area (Å²) < 4.78 is 9.98. The maximum atomic E-state index is 8.62. The first kappa shape index (κ1) is 8.31. The molecular weight excluding hydrogens is 140 g/mol. The van der Waals surface area contributed by atoms with E-state index >= 15 is 0 Å². The third kappa shape index (κ3) is 2.06. The van der Waals surface area contributed by atoms with Crippen LogP contribution in [0.2, 0.25) is 6.55 Å². The van der Waals surface area contributed by atoms with Crippen LogP contribution in [-0.4, -0.2) is 37.5 Å². The Labute approximate surface area is 53.4 Å². The van der Waals surface area contributed by atoms with Gasteiger partial charge in [-0.05, 0) is 6.55 Å². The van der Waals surface area contributed by atoms with Gasteiger partial charge in [0, 0.05) is 7.11 Å². The minimum atomic E-state index is -2.05. The number of hydrogen-bond acceptors (Lipinski definition) is 3. The van der Waals surface area contributed by atoms with E-state index in [0.717, 1.165) is 0 Å². The molecule has 0 bridgehead atoms. The molecule has 0 amide bonds. The van der Waals surface area contributed by atoms with Crippen LogP contribution in [0.15, 0.2) is 0 Å². The Kier molecular flexibility index (Phi) is 3.49. The van der Waals surface area contributed by atoms with E-state index < -0.39 is 8.56 Å². The summed E-state index contributed by atoms with van der Waals surface area (Å²) in [6.45, 7) is 1.83. The molecule has 1 atom stereocenters. The van der Waals surface area contributed by atoms with E-state index in [2.05, 4.69) is 0 Å². The SMILES string of the molecule is CO[Si](C)(CO)O[SiH3]. The quantitative estimate of drug-likeness (QED) is 0.502. The molecule has 1 unspecified atom stereocenters. The summed E-state index contributed by atoms with van der Waals surface area (Å²) in [4.78, 5) is 0. The molecule has 0 aliphatic rings. The Morgan fingerprint density at radius 1 is 1.75 bits per heavy atom. The van der Waals surface area contributed by atoms with E-state index in [0.29, 0.717) is 10.5 Å². The van der Waals surface area contributed by atoms with Crippen molar-refractivity contribution in [2.75, 3.05) is 13.3 Å². The molecule has 0 aliphatic heterocycles. The number of rotatable bonds is 3. The van der Waals surface area contributed by atoms with Gasteiger partial charge in [-0.15, -0.1) is 0 Å². The third-order valence-electron chi connectivity index (χ3n) is 1.15. The van der Waals surface area contributed by atoms with Crippen LogP contribution in [0.1, 0.15) is 0 Å². The Balaban J connectivity index is 3.58. The van der Waals surface area contributed by atoms with Crippen LogP contribution in [-0.2, 0) is 8.54 Å². The Morgan fingerprint density at radius 2 is 2.25 bits per heavy atom. The fraction of sp³-hybridized carbons (Fsp3) is 1.00.